The minimum absolute atomic E-state index is 0.182. The van der Waals surface area contributed by atoms with E-state index < -0.39 is 0 Å². The molecule has 2 N–H and O–H groups in total. The second-order valence-electron chi connectivity index (χ2n) is 3.17. The third kappa shape index (κ3) is 7.10. The highest BCUT2D eigenvalue weighted by Crippen LogP contribution is 2.08. The zero-order valence-electron chi connectivity index (χ0n) is 9.53. The average molecular weight is 248 g/mol. The summed E-state index contributed by atoms with van der Waals surface area (Å²) in [6.07, 6.45) is 0. The van der Waals surface area contributed by atoms with Gasteiger partial charge in [0.25, 0.3) is 0 Å². The lowest BCUT2D eigenvalue weighted by Crippen LogP contribution is -2.41. The summed E-state index contributed by atoms with van der Waals surface area (Å²) < 4.78 is 4.54. The van der Waals surface area contributed by atoms with Crippen LogP contribution >= 0.6 is 11.8 Å². The van der Waals surface area contributed by atoms with Crippen molar-refractivity contribution in [2.24, 2.45) is 5.92 Å². The molecule has 2 amide bonds. The van der Waals surface area contributed by atoms with Crippen LogP contribution in [0.2, 0.25) is 0 Å². The number of carbonyl (C=O) groups is 3. The zero-order valence-corrected chi connectivity index (χ0v) is 10.3. The van der Waals surface area contributed by atoms with E-state index in [0.29, 0.717) is 5.75 Å². The predicted molar refractivity (Wildman–Crippen MR) is 60.5 cm³/mol. The van der Waals surface area contributed by atoms with E-state index in [4.69, 9.17) is 0 Å². The molecule has 0 aromatic heterocycles. The number of nitrogens with one attached hydrogen (secondary N) is 2. The molecule has 16 heavy (non-hydrogen) atoms. The van der Waals surface area contributed by atoms with Crippen molar-refractivity contribution in [1.82, 2.24) is 10.9 Å². The molecule has 1 atom stereocenters. The standard InChI is InChI=1S/C9H16N2O4S/c1-6(9(14)15-3)4-16-5-8(13)11-10-7(2)12/h6H,4-5H2,1-3H3,(H,10,12)(H,11,13). The molecule has 0 fully saturated rings. The first-order valence-electron chi connectivity index (χ1n) is 4.68. The minimum atomic E-state index is -0.332. The molecule has 1 unspecified atom stereocenters. The maximum absolute atomic E-state index is 11.1. The number of rotatable bonds is 5. The molecule has 0 aliphatic heterocycles. The predicted octanol–water partition coefficient (Wildman–Crippen LogP) is -0.304. The second kappa shape index (κ2) is 7.98. The van der Waals surface area contributed by atoms with Crippen molar-refractivity contribution in [3.8, 4) is 0 Å². The fourth-order valence-electron chi connectivity index (χ4n) is 0.791. The van der Waals surface area contributed by atoms with Gasteiger partial charge in [-0.15, -0.1) is 0 Å². The number of thioether (sulfide) groups is 1. The molecule has 92 valence electrons. The fraction of sp³-hybridized carbons (Fsp3) is 0.667. The molecule has 0 bridgehead atoms. The number of hydrogen-bond acceptors (Lipinski definition) is 5. The van der Waals surface area contributed by atoms with E-state index in [9.17, 15) is 14.4 Å². The third-order valence-electron chi connectivity index (χ3n) is 1.58. The number of hydrogen-bond donors (Lipinski definition) is 2. The Morgan fingerprint density at radius 2 is 1.94 bits per heavy atom. The monoisotopic (exact) mass is 248 g/mol. The summed E-state index contributed by atoms with van der Waals surface area (Å²) in [6, 6.07) is 0. The topological polar surface area (TPSA) is 84.5 Å². The Morgan fingerprint density at radius 3 is 2.44 bits per heavy atom. The summed E-state index contributed by atoms with van der Waals surface area (Å²) in [7, 11) is 1.33. The van der Waals surface area contributed by atoms with E-state index in [1.807, 2.05) is 0 Å². The van der Waals surface area contributed by atoms with Crippen molar-refractivity contribution < 1.29 is 19.1 Å². The molecule has 0 aliphatic carbocycles. The maximum atomic E-state index is 11.1. The van der Waals surface area contributed by atoms with Crippen LogP contribution in [0, 0.1) is 5.92 Å². The maximum Gasteiger partial charge on any atom is 0.309 e. The van der Waals surface area contributed by atoms with Crippen LogP contribution in [-0.2, 0) is 19.1 Å². The molecule has 6 nitrogen and oxygen atoms in total. The molecule has 0 aromatic rings. The van der Waals surface area contributed by atoms with E-state index >= 15 is 0 Å². The molecule has 0 rings (SSSR count). The summed E-state index contributed by atoms with van der Waals surface area (Å²) >= 11 is 1.30. The Kier molecular flexibility index (Phi) is 7.36. The van der Waals surface area contributed by atoms with Crippen molar-refractivity contribution in [3.63, 3.8) is 0 Å². The first-order valence-corrected chi connectivity index (χ1v) is 5.83. The van der Waals surface area contributed by atoms with Crippen LogP contribution in [0.4, 0.5) is 0 Å². The number of ether oxygens (including phenoxy) is 1. The third-order valence-corrected chi connectivity index (χ3v) is 2.78. The van der Waals surface area contributed by atoms with Gasteiger partial charge in [0, 0.05) is 12.7 Å². The van der Waals surface area contributed by atoms with Gasteiger partial charge in [0.05, 0.1) is 18.8 Å². The highest BCUT2D eigenvalue weighted by molar-refractivity contribution is 7.99. The fourth-order valence-corrected chi connectivity index (χ4v) is 1.66. The van der Waals surface area contributed by atoms with Gasteiger partial charge >= 0.3 is 5.97 Å². The summed E-state index contributed by atoms with van der Waals surface area (Å²) in [5.41, 5.74) is 4.40. The van der Waals surface area contributed by atoms with Crippen LogP contribution in [0.15, 0.2) is 0 Å². The largest absolute Gasteiger partial charge is 0.469 e. The number of methoxy groups -OCH3 is 1. The summed E-state index contributed by atoms with van der Waals surface area (Å²) in [5.74, 6) is -0.501. The Hall–Kier alpha value is -1.24. The lowest BCUT2D eigenvalue weighted by molar-refractivity contribution is -0.144. The highest BCUT2D eigenvalue weighted by atomic mass is 32.2. The Morgan fingerprint density at radius 1 is 1.31 bits per heavy atom. The summed E-state index contributed by atoms with van der Waals surface area (Å²) in [4.78, 5) is 32.6. The minimum Gasteiger partial charge on any atom is -0.469 e. The van der Waals surface area contributed by atoms with E-state index in [0.717, 1.165) is 0 Å². The van der Waals surface area contributed by atoms with Crippen molar-refractivity contribution in [1.29, 1.82) is 0 Å². The van der Waals surface area contributed by atoms with Crippen LogP contribution in [0.3, 0.4) is 0 Å². The lowest BCUT2D eigenvalue weighted by atomic mass is 10.2. The average Bonchev–Trinajstić information content (AvgIpc) is 2.24. The molecule has 0 spiro atoms. The second-order valence-corrected chi connectivity index (χ2v) is 4.20. The first kappa shape index (κ1) is 14.8. The van der Waals surface area contributed by atoms with Crippen molar-refractivity contribution in [2.75, 3.05) is 18.6 Å². The van der Waals surface area contributed by atoms with Gasteiger partial charge in [-0.2, -0.15) is 11.8 Å². The normalized spacial score (nSPS) is 11.4. The molecule has 0 radical (unpaired) electrons. The SMILES string of the molecule is COC(=O)C(C)CSCC(=O)NNC(C)=O. The van der Waals surface area contributed by atoms with Gasteiger partial charge in [-0.25, -0.2) is 0 Å². The van der Waals surface area contributed by atoms with Crippen LogP contribution in [-0.4, -0.2) is 36.4 Å². The van der Waals surface area contributed by atoms with Crippen LogP contribution in [0.25, 0.3) is 0 Å². The lowest BCUT2D eigenvalue weighted by Gasteiger charge is -2.08. The smallest absolute Gasteiger partial charge is 0.309 e. The molecule has 0 saturated carbocycles. The molecular formula is C9H16N2O4S. The Balaban J connectivity index is 3.61. The van der Waals surface area contributed by atoms with Gasteiger partial charge in [-0.3, -0.25) is 25.2 Å². The van der Waals surface area contributed by atoms with E-state index in [-0.39, 0.29) is 29.5 Å². The molecule has 0 aromatic carbocycles. The Bertz CT molecular complexity index is 270. The molecule has 7 heteroatoms. The molecule has 0 aliphatic rings. The van der Waals surface area contributed by atoms with Gasteiger partial charge in [-0.05, 0) is 0 Å². The van der Waals surface area contributed by atoms with Gasteiger partial charge in [-0.1, -0.05) is 6.92 Å². The van der Waals surface area contributed by atoms with Crippen LogP contribution in [0.1, 0.15) is 13.8 Å². The van der Waals surface area contributed by atoms with Crippen molar-refractivity contribution >= 4 is 29.5 Å². The van der Waals surface area contributed by atoms with Crippen molar-refractivity contribution in [3.05, 3.63) is 0 Å². The number of hydrazine groups is 1. The van der Waals surface area contributed by atoms with Gasteiger partial charge < -0.3 is 4.74 Å². The van der Waals surface area contributed by atoms with Crippen LogP contribution < -0.4 is 10.9 Å². The number of carbonyl (C=O) groups excluding carboxylic acids is 3. The van der Waals surface area contributed by atoms with Crippen molar-refractivity contribution in [2.45, 2.75) is 13.8 Å². The van der Waals surface area contributed by atoms with E-state index in [1.165, 1.54) is 25.8 Å². The van der Waals surface area contributed by atoms with Crippen LogP contribution in [0.5, 0.6) is 0 Å². The Labute approximate surface area is 98.4 Å². The summed E-state index contributed by atoms with van der Waals surface area (Å²) in [6.45, 7) is 3.03. The first-order chi connectivity index (χ1) is 7.47. The molecular weight excluding hydrogens is 232 g/mol. The number of esters is 1. The van der Waals surface area contributed by atoms with E-state index in [2.05, 4.69) is 15.6 Å². The molecule has 0 heterocycles. The van der Waals surface area contributed by atoms with Gasteiger partial charge in [0.1, 0.15) is 0 Å². The summed E-state index contributed by atoms with van der Waals surface area (Å²) in [5, 5.41) is 0. The zero-order chi connectivity index (χ0) is 12.6. The molecule has 0 saturated heterocycles. The highest BCUT2D eigenvalue weighted by Gasteiger charge is 2.13. The van der Waals surface area contributed by atoms with Gasteiger partial charge in [0.2, 0.25) is 11.8 Å². The quantitative estimate of drug-likeness (QED) is 0.515. The van der Waals surface area contributed by atoms with E-state index in [1.54, 1.807) is 6.92 Å². The number of amides is 2. The van der Waals surface area contributed by atoms with Gasteiger partial charge in [0.15, 0.2) is 0 Å².